The molecule has 0 unspecified atom stereocenters. The quantitative estimate of drug-likeness (QED) is 0.697. The fraction of sp³-hybridized carbons (Fsp3) is 0.250. The summed E-state index contributed by atoms with van der Waals surface area (Å²) in [6.07, 6.45) is 1.92. The first-order valence-electron chi connectivity index (χ1n) is 8.26. The van der Waals surface area contributed by atoms with E-state index in [9.17, 15) is 0 Å². The molecule has 3 rings (SSSR count). The molecule has 0 amide bonds. The molecule has 0 spiro atoms. The molecule has 1 aromatic heterocycles. The smallest absolute Gasteiger partial charge is 0.119 e. The largest absolute Gasteiger partial charge is 0.497 e. The van der Waals surface area contributed by atoms with E-state index in [2.05, 4.69) is 24.3 Å². The van der Waals surface area contributed by atoms with Crippen molar-refractivity contribution in [2.24, 2.45) is 0 Å². The number of nitrogens with zero attached hydrogens (tertiary/aromatic N) is 2. The van der Waals surface area contributed by atoms with Crippen molar-refractivity contribution in [3.8, 4) is 11.4 Å². The van der Waals surface area contributed by atoms with Crippen molar-refractivity contribution in [2.45, 2.75) is 26.4 Å². The van der Waals surface area contributed by atoms with Crippen LogP contribution >= 0.6 is 11.6 Å². The van der Waals surface area contributed by atoms with Gasteiger partial charge in [-0.05, 0) is 49.7 Å². The van der Waals surface area contributed by atoms with Crippen molar-refractivity contribution < 1.29 is 4.74 Å². The molecule has 5 heteroatoms. The Morgan fingerprint density at radius 2 is 1.88 bits per heavy atom. The van der Waals surface area contributed by atoms with E-state index in [0.717, 1.165) is 27.7 Å². The molecule has 130 valence electrons. The van der Waals surface area contributed by atoms with Gasteiger partial charge in [-0.25, -0.2) is 4.68 Å². The van der Waals surface area contributed by atoms with E-state index in [1.165, 1.54) is 5.56 Å². The molecule has 0 bridgehead atoms. The number of methoxy groups -OCH3 is 1. The highest BCUT2D eigenvalue weighted by atomic mass is 35.5. The van der Waals surface area contributed by atoms with Gasteiger partial charge in [-0.1, -0.05) is 29.8 Å². The third-order valence-corrected chi connectivity index (χ3v) is 4.76. The van der Waals surface area contributed by atoms with E-state index in [1.807, 2.05) is 59.4 Å². The molecule has 0 saturated heterocycles. The first kappa shape index (κ1) is 17.5. The van der Waals surface area contributed by atoms with Crippen LogP contribution in [0.1, 0.15) is 29.8 Å². The minimum Gasteiger partial charge on any atom is -0.497 e. The van der Waals surface area contributed by atoms with Crippen molar-refractivity contribution in [1.29, 1.82) is 0 Å². The maximum Gasteiger partial charge on any atom is 0.119 e. The Morgan fingerprint density at radius 1 is 1.16 bits per heavy atom. The molecule has 0 fully saturated rings. The summed E-state index contributed by atoms with van der Waals surface area (Å²) in [4.78, 5) is 0. The summed E-state index contributed by atoms with van der Waals surface area (Å²) >= 11 is 6.23. The lowest BCUT2D eigenvalue weighted by molar-refractivity contribution is 0.414. The van der Waals surface area contributed by atoms with Crippen molar-refractivity contribution in [1.82, 2.24) is 15.1 Å². The molecule has 0 aliphatic rings. The van der Waals surface area contributed by atoms with Crippen LogP contribution in [-0.4, -0.2) is 16.9 Å². The van der Waals surface area contributed by atoms with E-state index < -0.39 is 0 Å². The van der Waals surface area contributed by atoms with Crippen LogP contribution in [0, 0.1) is 6.92 Å². The van der Waals surface area contributed by atoms with Crippen LogP contribution in [0.2, 0.25) is 5.02 Å². The van der Waals surface area contributed by atoms with E-state index in [1.54, 1.807) is 7.11 Å². The van der Waals surface area contributed by atoms with Gasteiger partial charge < -0.3 is 10.1 Å². The van der Waals surface area contributed by atoms with Gasteiger partial charge >= 0.3 is 0 Å². The van der Waals surface area contributed by atoms with Gasteiger partial charge in [0.2, 0.25) is 0 Å². The minimum absolute atomic E-state index is 0.170. The van der Waals surface area contributed by atoms with Gasteiger partial charge in [0, 0.05) is 28.9 Å². The average Bonchev–Trinajstić information content (AvgIpc) is 3.02. The number of hydrogen-bond acceptors (Lipinski definition) is 3. The van der Waals surface area contributed by atoms with Gasteiger partial charge in [0.05, 0.1) is 19.0 Å². The first-order valence-corrected chi connectivity index (χ1v) is 8.63. The van der Waals surface area contributed by atoms with Gasteiger partial charge in [-0.15, -0.1) is 0 Å². The topological polar surface area (TPSA) is 39.1 Å². The van der Waals surface area contributed by atoms with Gasteiger partial charge in [-0.3, -0.25) is 0 Å². The van der Waals surface area contributed by atoms with Crippen molar-refractivity contribution in [2.75, 3.05) is 7.11 Å². The Balaban J connectivity index is 1.74. The summed E-state index contributed by atoms with van der Waals surface area (Å²) < 4.78 is 7.16. The summed E-state index contributed by atoms with van der Waals surface area (Å²) in [5.74, 6) is 0.837. The SMILES string of the molecule is COc1ccc(-n2ncc([C@@H](C)NCc3ccccc3Cl)c2C)cc1. The van der Waals surface area contributed by atoms with Crippen LogP contribution in [0.5, 0.6) is 5.75 Å². The predicted molar refractivity (Wildman–Crippen MR) is 102 cm³/mol. The van der Waals surface area contributed by atoms with Gasteiger partial charge in [0.15, 0.2) is 0 Å². The normalized spacial score (nSPS) is 12.2. The third-order valence-electron chi connectivity index (χ3n) is 4.39. The van der Waals surface area contributed by atoms with Gasteiger partial charge in [0.1, 0.15) is 5.75 Å². The number of halogens is 1. The van der Waals surface area contributed by atoms with E-state index in [4.69, 9.17) is 16.3 Å². The summed E-state index contributed by atoms with van der Waals surface area (Å²) in [6, 6.07) is 16.0. The number of hydrogen-bond donors (Lipinski definition) is 1. The second-order valence-electron chi connectivity index (χ2n) is 5.99. The predicted octanol–water partition coefficient (Wildman–Crippen LogP) is 4.69. The molecule has 0 radical (unpaired) electrons. The summed E-state index contributed by atoms with van der Waals surface area (Å²) in [5, 5.41) is 8.85. The number of nitrogens with one attached hydrogen (secondary N) is 1. The maximum absolute atomic E-state index is 6.23. The number of rotatable bonds is 6. The lowest BCUT2D eigenvalue weighted by Crippen LogP contribution is -2.18. The number of aromatic nitrogens is 2. The van der Waals surface area contributed by atoms with E-state index >= 15 is 0 Å². The lowest BCUT2D eigenvalue weighted by atomic mass is 10.1. The molecule has 0 aliphatic heterocycles. The molecule has 25 heavy (non-hydrogen) atoms. The average molecular weight is 356 g/mol. The first-order chi connectivity index (χ1) is 12.1. The van der Waals surface area contributed by atoms with Crippen LogP contribution in [-0.2, 0) is 6.54 Å². The molecule has 3 aromatic rings. The summed E-state index contributed by atoms with van der Waals surface area (Å²) in [5.41, 5.74) is 4.39. The Morgan fingerprint density at radius 3 is 2.56 bits per heavy atom. The van der Waals surface area contributed by atoms with Crippen LogP contribution in [0.15, 0.2) is 54.7 Å². The third kappa shape index (κ3) is 3.86. The Labute approximate surface area is 153 Å². The molecule has 1 atom stereocenters. The highest BCUT2D eigenvalue weighted by Gasteiger charge is 2.14. The van der Waals surface area contributed by atoms with Crippen LogP contribution in [0.25, 0.3) is 5.69 Å². The second-order valence-corrected chi connectivity index (χ2v) is 6.40. The molecular formula is C20H22ClN3O. The maximum atomic E-state index is 6.23. The summed E-state index contributed by atoms with van der Waals surface area (Å²) in [6.45, 7) is 4.94. The zero-order chi connectivity index (χ0) is 17.8. The molecule has 1 heterocycles. The number of benzene rings is 2. The van der Waals surface area contributed by atoms with Gasteiger partial charge in [0.25, 0.3) is 0 Å². The fourth-order valence-electron chi connectivity index (χ4n) is 2.85. The van der Waals surface area contributed by atoms with Crippen LogP contribution < -0.4 is 10.1 Å². The van der Waals surface area contributed by atoms with Crippen molar-refractivity contribution in [3.63, 3.8) is 0 Å². The molecule has 1 N–H and O–H groups in total. The Bertz CT molecular complexity index is 842. The van der Waals surface area contributed by atoms with E-state index in [-0.39, 0.29) is 6.04 Å². The standard InChI is InChI=1S/C20H22ClN3O/c1-14(22-12-16-6-4-5-7-20(16)21)19-13-23-24(15(19)2)17-8-10-18(25-3)11-9-17/h4-11,13-14,22H,12H2,1-3H3/t14-/m1/s1. The Kier molecular flexibility index (Phi) is 5.41. The monoisotopic (exact) mass is 355 g/mol. The highest BCUT2D eigenvalue weighted by Crippen LogP contribution is 2.23. The Hall–Kier alpha value is -2.30. The molecular weight excluding hydrogens is 334 g/mol. The van der Waals surface area contributed by atoms with Crippen molar-refractivity contribution in [3.05, 3.63) is 76.6 Å². The molecule has 0 aliphatic carbocycles. The molecule has 4 nitrogen and oxygen atoms in total. The summed E-state index contributed by atoms with van der Waals surface area (Å²) in [7, 11) is 1.67. The zero-order valence-electron chi connectivity index (χ0n) is 14.7. The molecule has 0 saturated carbocycles. The fourth-order valence-corrected chi connectivity index (χ4v) is 3.05. The van der Waals surface area contributed by atoms with Crippen molar-refractivity contribution >= 4 is 11.6 Å². The lowest BCUT2D eigenvalue weighted by Gasteiger charge is -2.15. The number of ether oxygens (including phenoxy) is 1. The van der Waals surface area contributed by atoms with Gasteiger partial charge in [-0.2, -0.15) is 5.10 Å². The van der Waals surface area contributed by atoms with E-state index in [0.29, 0.717) is 6.54 Å². The molecule has 2 aromatic carbocycles. The van der Waals surface area contributed by atoms with Crippen LogP contribution in [0.3, 0.4) is 0 Å². The highest BCUT2D eigenvalue weighted by molar-refractivity contribution is 6.31. The minimum atomic E-state index is 0.170. The second kappa shape index (κ2) is 7.72. The van der Waals surface area contributed by atoms with Crippen LogP contribution in [0.4, 0.5) is 0 Å². The zero-order valence-corrected chi connectivity index (χ0v) is 15.4.